The van der Waals surface area contributed by atoms with Gasteiger partial charge in [0.25, 0.3) is 5.59 Å². The quantitative estimate of drug-likeness (QED) is 0.193. The minimum atomic E-state index is -2.40. The molecule has 0 bridgehead atoms. The summed E-state index contributed by atoms with van der Waals surface area (Å²) in [5, 5.41) is 1.11. The van der Waals surface area contributed by atoms with Gasteiger partial charge < -0.3 is 4.74 Å². The Morgan fingerprint density at radius 3 is 1.63 bits per heavy atom. The first kappa shape index (κ1) is 26.9. The Labute approximate surface area is 188 Å². The molecule has 0 heterocycles. The number of unbranched alkanes of at least 4 members (excludes halogenated alkanes) is 12. The van der Waals surface area contributed by atoms with Crippen molar-refractivity contribution in [2.24, 2.45) is 0 Å². The van der Waals surface area contributed by atoms with E-state index in [4.69, 9.17) is 4.74 Å². The van der Waals surface area contributed by atoms with Gasteiger partial charge in [-0.05, 0) is 16.6 Å². The van der Waals surface area contributed by atoms with Crippen molar-refractivity contribution in [1.29, 1.82) is 0 Å². The molecular weight excluding hydrogens is 384 g/mol. The van der Waals surface area contributed by atoms with Gasteiger partial charge in [-0.1, -0.05) is 142 Å². The van der Waals surface area contributed by atoms with E-state index >= 15 is 0 Å². The summed E-state index contributed by atoms with van der Waals surface area (Å²) in [7, 11) is -2.40. The second kappa shape index (κ2) is 14.8. The summed E-state index contributed by atoms with van der Waals surface area (Å²) in [5.41, 5.74) is 0.0418. The van der Waals surface area contributed by atoms with E-state index in [1.54, 1.807) is 0 Å². The highest BCUT2D eigenvalue weighted by molar-refractivity contribution is 7.14. The van der Waals surface area contributed by atoms with Crippen molar-refractivity contribution in [2.75, 3.05) is 6.61 Å². The SMILES string of the molecule is CCCCCCCCCCCCCCCOC(=O)[Si@](C)(c1ccccc1)C(C)(C)C. The molecule has 0 fully saturated rings. The Morgan fingerprint density at radius 1 is 0.767 bits per heavy atom. The molecule has 0 saturated heterocycles. The largest absolute Gasteiger partial charge is 0.470 e. The van der Waals surface area contributed by atoms with Crippen molar-refractivity contribution in [1.82, 2.24) is 0 Å². The van der Waals surface area contributed by atoms with E-state index in [-0.39, 0.29) is 10.6 Å². The average Bonchev–Trinajstić information content (AvgIpc) is 2.73. The van der Waals surface area contributed by atoms with Crippen LogP contribution in [0.3, 0.4) is 0 Å². The van der Waals surface area contributed by atoms with Gasteiger partial charge in [0.1, 0.15) is 0 Å². The van der Waals surface area contributed by atoms with Gasteiger partial charge in [0, 0.05) is 0 Å². The monoisotopic (exact) mass is 432 g/mol. The summed E-state index contributed by atoms with van der Waals surface area (Å²) in [6.45, 7) is 11.5. The van der Waals surface area contributed by atoms with Crippen LogP contribution in [0.25, 0.3) is 0 Å². The molecule has 0 aliphatic carbocycles. The highest BCUT2D eigenvalue weighted by Crippen LogP contribution is 2.37. The molecule has 0 unspecified atom stereocenters. The Kier molecular flexibility index (Phi) is 13.3. The average molecular weight is 433 g/mol. The molecule has 2 nitrogen and oxygen atoms in total. The summed E-state index contributed by atoms with van der Waals surface area (Å²) in [4.78, 5) is 13.1. The molecule has 0 N–H and O–H groups in total. The van der Waals surface area contributed by atoms with E-state index in [0.717, 1.165) is 6.42 Å². The predicted molar refractivity (Wildman–Crippen MR) is 134 cm³/mol. The first-order valence-corrected chi connectivity index (χ1v) is 15.1. The van der Waals surface area contributed by atoms with Crippen molar-refractivity contribution < 1.29 is 9.53 Å². The highest BCUT2D eigenvalue weighted by Gasteiger charge is 2.50. The van der Waals surface area contributed by atoms with E-state index in [0.29, 0.717) is 6.61 Å². The summed E-state index contributed by atoms with van der Waals surface area (Å²) >= 11 is 0. The molecule has 30 heavy (non-hydrogen) atoms. The zero-order chi connectivity index (χ0) is 22.3. The lowest BCUT2D eigenvalue weighted by Gasteiger charge is -2.37. The van der Waals surface area contributed by atoms with Crippen molar-refractivity contribution >= 4 is 18.9 Å². The van der Waals surface area contributed by atoms with Crippen LogP contribution in [0, 0.1) is 0 Å². The molecular formula is C27H48O2Si. The first-order chi connectivity index (χ1) is 14.3. The summed E-state index contributed by atoms with van der Waals surface area (Å²) < 4.78 is 5.81. The zero-order valence-electron chi connectivity index (χ0n) is 20.6. The number of hydrogen-bond acceptors (Lipinski definition) is 2. The molecule has 1 aromatic rings. The predicted octanol–water partition coefficient (Wildman–Crippen LogP) is 8.58. The lowest BCUT2D eigenvalue weighted by molar-refractivity contribution is 0.167. The van der Waals surface area contributed by atoms with Gasteiger partial charge in [0.2, 0.25) is 8.07 Å². The fourth-order valence-electron chi connectivity index (χ4n) is 4.06. The van der Waals surface area contributed by atoms with Gasteiger partial charge in [0.15, 0.2) is 0 Å². The number of benzene rings is 1. The maximum absolute atomic E-state index is 13.1. The van der Waals surface area contributed by atoms with Crippen LogP contribution < -0.4 is 5.19 Å². The normalized spacial score (nSPS) is 13.8. The van der Waals surface area contributed by atoms with Gasteiger partial charge in [-0.25, -0.2) is 0 Å². The van der Waals surface area contributed by atoms with Crippen LogP contribution in [-0.2, 0) is 4.74 Å². The number of ether oxygens (including phenoxy) is 1. The lowest BCUT2D eigenvalue weighted by Crippen LogP contribution is -2.59. The molecule has 1 aromatic carbocycles. The lowest BCUT2D eigenvalue weighted by atomic mass is 10.0. The third kappa shape index (κ3) is 9.37. The van der Waals surface area contributed by atoms with Crippen LogP contribution in [0.5, 0.6) is 0 Å². The van der Waals surface area contributed by atoms with Gasteiger partial charge in [-0.15, -0.1) is 0 Å². The van der Waals surface area contributed by atoms with E-state index < -0.39 is 8.07 Å². The molecule has 0 saturated carbocycles. The van der Waals surface area contributed by atoms with Crippen molar-refractivity contribution in [2.45, 2.75) is 123 Å². The summed E-state index contributed by atoms with van der Waals surface area (Å²) in [5.74, 6) is 0. The van der Waals surface area contributed by atoms with Crippen molar-refractivity contribution in [3.05, 3.63) is 30.3 Å². The minimum Gasteiger partial charge on any atom is -0.470 e. The summed E-state index contributed by atoms with van der Waals surface area (Å²) in [6, 6.07) is 10.3. The molecule has 0 radical (unpaired) electrons. The zero-order valence-corrected chi connectivity index (χ0v) is 21.6. The molecule has 0 spiro atoms. The van der Waals surface area contributed by atoms with E-state index in [9.17, 15) is 4.79 Å². The Hall–Kier alpha value is -1.09. The fraction of sp³-hybridized carbons (Fsp3) is 0.741. The summed E-state index contributed by atoms with van der Waals surface area (Å²) in [6.07, 6.45) is 17.3. The van der Waals surface area contributed by atoms with Gasteiger partial charge >= 0.3 is 0 Å². The molecule has 0 aliphatic heterocycles. The van der Waals surface area contributed by atoms with E-state index in [2.05, 4.69) is 46.4 Å². The molecule has 172 valence electrons. The topological polar surface area (TPSA) is 26.3 Å². The van der Waals surface area contributed by atoms with Gasteiger partial charge in [0.05, 0.1) is 6.61 Å². The molecule has 3 heteroatoms. The molecule has 1 atom stereocenters. The van der Waals surface area contributed by atoms with Crippen LogP contribution in [0.15, 0.2) is 30.3 Å². The van der Waals surface area contributed by atoms with Crippen LogP contribution in [-0.4, -0.2) is 20.3 Å². The Bertz CT molecular complexity index is 564. The second-order valence-electron chi connectivity index (χ2n) is 10.1. The molecule has 0 aliphatic rings. The maximum Gasteiger partial charge on any atom is 0.277 e. The van der Waals surface area contributed by atoms with Gasteiger partial charge in [-0.3, -0.25) is 4.79 Å². The smallest absolute Gasteiger partial charge is 0.277 e. The number of rotatable bonds is 16. The standard InChI is InChI=1S/C27H48O2Si/c1-6-7-8-9-10-11-12-13-14-15-16-17-21-24-29-26(28)30(5,27(2,3)4)25-22-19-18-20-23-25/h18-20,22-23H,6-17,21,24H2,1-5H3/t30-/m0/s1. The fourth-order valence-corrected chi connectivity index (χ4v) is 7.02. The molecule has 0 aromatic heterocycles. The van der Waals surface area contributed by atoms with Crippen LogP contribution in [0.1, 0.15) is 111 Å². The minimum absolute atomic E-state index is 0.0418. The number of carbonyl (C=O) groups excluding carboxylic acids is 1. The third-order valence-electron chi connectivity index (χ3n) is 6.74. The van der Waals surface area contributed by atoms with Crippen LogP contribution in [0.2, 0.25) is 11.6 Å². The Balaban J connectivity index is 2.16. The van der Waals surface area contributed by atoms with Crippen molar-refractivity contribution in [3.63, 3.8) is 0 Å². The molecule has 0 amide bonds. The maximum atomic E-state index is 13.1. The number of hydrogen-bond donors (Lipinski definition) is 0. The third-order valence-corrected chi connectivity index (χ3v) is 12.2. The van der Waals surface area contributed by atoms with E-state index in [1.165, 1.54) is 82.2 Å². The first-order valence-electron chi connectivity index (χ1n) is 12.6. The number of carbonyl (C=O) groups is 1. The van der Waals surface area contributed by atoms with Crippen molar-refractivity contribution in [3.8, 4) is 0 Å². The van der Waals surface area contributed by atoms with Crippen LogP contribution in [0.4, 0.5) is 4.79 Å². The van der Waals surface area contributed by atoms with Crippen LogP contribution >= 0.6 is 0 Å². The highest BCUT2D eigenvalue weighted by atomic mass is 28.3. The Morgan fingerprint density at radius 2 is 1.20 bits per heavy atom. The van der Waals surface area contributed by atoms with E-state index in [1.807, 2.05) is 18.2 Å². The second-order valence-corrected chi connectivity index (χ2v) is 14.9. The molecule has 1 rings (SSSR count). The van der Waals surface area contributed by atoms with Gasteiger partial charge in [-0.2, -0.15) is 0 Å².